The SMILES string of the molecule is CC(NS(=O)(=O)c1ccc(NN)cc1)c1cccnc1. The fourth-order valence-corrected chi connectivity index (χ4v) is 2.96. The summed E-state index contributed by atoms with van der Waals surface area (Å²) < 4.78 is 27.1. The topological polar surface area (TPSA) is 97.1 Å². The first-order chi connectivity index (χ1) is 9.53. The Morgan fingerprint density at radius 1 is 1.20 bits per heavy atom. The number of pyridine rings is 1. The average Bonchev–Trinajstić information content (AvgIpc) is 2.48. The molecule has 4 N–H and O–H groups in total. The summed E-state index contributed by atoms with van der Waals surface area (Å²) in [7, 11) is -3.58. The van der Waals surface area contributed by atoms with Crippen LogP contribution in [0, 0.1) is 0 Å². The molecule has 0 saturated heterocycles. The third kappa shape index (κ3) is 3.32. The first kappa shape index (κ1) is 14.4. The molecular formula is C13H16N4O2S. The molecule has 1 unspecified atom stereocenters. The van der Waals surface area contributed by atoms with Gasteiger partial charge in [0.05, 0.1) is 4.90 Å². The van der Waals surface area contributed by atoms with Crippen LogP contribution in [0.3, 0.4) is 0 Å². The zero-order valence-electron chi connectivity index (χ0n) is 10.9. The first-order valence-electron chi connectivity index (χ1n) is 6.02. The largest absolute Gasteiger partial charge is 0.324 e. The number of nitrogens with two attached hydrogens (primary N) is 1. The molecular weight excluding hydrogens is 276 g/mol. The number of sulfonamides is 1. The van der Waals surface area contributed by atoms with E-state index in [0.717, 1.165) is 5.56 Å². The minimum atomic E-state index is -3.58. The molecule has 1 heterocycles. The molecule has 0 aliphatic carbocycles. The van der Waals surface area contributed by atoms with Gasteiger partial charge < -0.3 is 5.43 Å². The zero-order chi connectivity index (χ0) is 14.6. The standard InChI is InChI=1S/C13H16N4O2S/c1-10(11-3-2-8-15-9-11)17-20(18,19)13-6-4-12(16-14)5-7-13/h2-10,16-17H,14H2,1H3. The van der Waals surface area contributed by atoms with E-state index < -0.39 is 10.0 Å². The molecule has 0 radical (unpaired) electrons. The highest BCUT2D eigenvalue weighted by atomic mass is 32.2. The molecule has 0 fully saturated rings. The predicted octanol–water partition coefficient (Wildman–Crippen LogP) is 1.41. The van der Waals surface area contributed by atoms with Crippen LogP contribution >= 0.6 is 0 Å². The molecule has 1 aromatic carbocycles. The van der Waals surface area contributed by atoms with Gasteiger partial charge in [0.25, 0.3) is 0 Å². The van der Waals surface area contributed by atoms with Crippen molar-refractivity contribution in [2.45, 2.75) is 17.9 Å². The lowest BCUT2D eigenvalue weighted by Crippen LogP contribution is -2.27. The van der Waals surface area contributed by atoms with E-state index in [1.54, 1.807) is 37.5 Å². The van der Waals surface area contributed by atoms with Gasteiger partial charge in [0.15, 0.2) is 0 Å². The summed E-state index contributed by atoms with van der Waals surface area (Å²) >= 11 is 0. The highest BCUT2D eigenvalue weighted by molar-refractivity contribution is 7.89. The Morgan fingerprint density at radius 3 is 2.45 bits per heavy atom. The van der Waals surface area contributed by atoms with E-state index in [4.69, 9.17) is 5.84 Å². The molecule has 7 heteroatoms. The number of hydrogen-bond acceptors (Lipinski definition) is 5. The van der Waals surface area contributed by atoms with Gasteiger partial charge in [-0.25, -0.2) is 13.1 Å². The molecule has 2 aromatic rings. The lowest BCUT2D eigenvalue weighted by atomic mass is 10.2. The molecule has 0 saturated carbocycles. The van der Waals surface area contributed by atoms with E-state index >= 15 is 0 Å². The first-order valence-corrected chi connectivity index (χ1v) is 7.50. The van der Waals surface area contributed by atoms with Crippen LogP contribution in [0.1, 0.15) is 18.5 Å². The number of rotatable bonds is 5. The number of benzene rings is 1. The lowest BCUT2D eigenvalue weighted by Gasteiger charge is -2.14. The van der Waals surface area contributed by atoms with Crippen LogP contribution in [0.25, 0.3) is 0 Å². The van der Waals surface area contributed by atoms with E-state index in [1.807, 2.05) is 6.07 Å². The van der Waals surface area contributed by atoms with Crippen molar-refractivity contribution in [3.8, 4) is 0 Å². The number of nitrogens with one attached hydrogen (secondary N) is 2. The maximum Gasteiger partial charge on any atom is 0.241 e. The van der Waals surface area contributed by atoms with Crippen LogP contribution in [0.2, 0.25) is 0 Å². The summed E-state index contributed by atoms with van der Waals surface area (Å²) in [4.78, 5) is 4.16. The Balaban J connectivity index is 2.18. The van der Waals surface area contributed by atoms with Crippen LogP contribution in [0.4, 0.5) is 5.69 Å². The molecule has 0 bridgehead atoms. The van der Waals surface area contributed by atoms with Gasteiger partial charge in [-0.3, -0.25) is 10.8 Å². The van der Waals surface area contributed by atoms with Crippen molar-refractivity contribution in [2.75, 3.05) is 5.43 Å². The summed E-state index contributed by atoms with van der Waals surface area (Å²) in [5.74, 6) is 5.24. The smallest absolute Gasteiger partial charge is 0.241 e. The van der Waals surface area contributed by atoms with Crippen molar-refractivity contribution < 1.29 is 8.42 Å². The summed E-state index contributed by atoms with van der Waals surface area (Å²) in [6.45, 7) is 1.77. The second-order valence-corrected chi connectivity index (χ2v) is 6.01. The molecule has 6 nitrogen and oxygen atoms in total. The third-order valence-corrected chi connectivity index (χ3v) is 4.40. The summed E-state index contributed by atoms with van der Waals surface area (Å²) in [6, 6.07) is 9.41. The fourth-order valence-electron chi connectivity index (χ4n) is 1.73. The van der Waals surface area contributed by atoms with E-state index in [1.165, 1.54) is 12.1 Å². The van der Waals surface area contributed by atoms with Crippen LogP contribution in [-0.2, 0) is 10.0 Å². The molecule has 20 heavy (non-hydrogen) atoms. The molecule has 106 valence electrons. The summed E-state index contributed by atoms with van der Waals surface area (Å²) in [6.07, 6.45) is 3.28. The van der Waals surface area contributed by atoms with Crippen molar-refractivity contribution >= 4 is 15.7 Å². The highest BCUT2D eigenvalue weighted by Crippen LogP contribution is 2.17. The maximum atomic E-state index is 12.2. The minimum absolute atomic E-state index is 0.187. The Morgan fingerprint density at radius 2 is 1.90 bits per heavy atom. The summed E-state index contributed by atoms with van der Waals surface area (Å²) in [5, 5.41) is 0. The van der Waals surface area contributed by atoms with Crippen LogP contribution in [0.5, 0.6) is 0 Å². The van der Waals surface area contributed by atoms with Crippen LogP contribution in [-0.4, -0.2) is 13.4 Å². The molecule has 2 rings (SSSR count). The maximum absolute atomic E-state index is 12.2. The molecule has 0 aliphatic heterocycles. The molecule has 0 aliphatic rings. The monoisotopic (exact) mass is 292 g/mol. The third-order valence-electron chi connectivity index (χ3n) is 2.85. The van der Waals surface area contributed by atoms with Gasteiger partial charge >= 0.3 is 0 Å². The van der Waals surface area contributed by atoms with Crippen LogP contribution < -0.4 is 16.0 Å². The normalized spacial score (nSPS) is 12.9. The quantitative estimate of drug-likeness (QED) is 0.572. The molecule has 1 atom stereocenters. The summed E-state index contributed by atoms with van der Waals surface area (Å²) in [5.41, 5.74) is 3.89. The number of anilines is 1. The second kappa shape index (κ2) is 6.00. The van der Waals surface area contributed by atoms with Crippen molar-refractivity contribution in [2.24, 2.45) is 5.84 Å². The van der Waals surface area contributed by atoms with Gasteiger partial charge in [-0.15, -0.1) is 0 Å². The predicted molar refractivity (Wildman–Crippen MR) is 77.2 cm³/mol. The van der Waals surface area contributed by atoms with Crippen molar-refractivity contribution in [3.05, 3.63) is 54.4 Å². The number of hydrazine groups is 1. The van der Waals surface area contributed by atoms with Crippen molar-refractivity contribution in [1.29, 1.82) is 0 Å². The van der Waals surface area contributed by atoms with E-state index in [9.17, 15) is 8.42 Å². The molecule has 0 spiro atoms. The Kier molecular flexibility index (Phi) is 4.33. The van der Waals surface area contributed by atoms with Gasteiger partial charge in [0.1, 0.15) is 0 Å². The van der Waals surface area contributed by atoms with E-state index in [2.05, 4.69) is 15.1 Å². The average molecular weight is 292 g/mol. The Bertz CT molecular complexity index is 657. The van der Waals surface area contributed by atoms with E-state index in [0.29, 0.717) is 5.69 Å². The van der Waals surface area contributed by atoms with Gasteiger partial charge in [0, 0.05) is 24.1 Å². The zero-order valence-corrected chi connectivity index (χ0v) is 11.8. The fraction of sp³-hybridized carbons (Fsp3) is 0.154. The molecule has 0 amide bonds. The molecule has 1 aromatic heterocycles. The van der Waals surface area contributed by atoms with E-state index in [-0.39, 0.29) is 10.9 Å². The van der Waals surface area contributed by atoms with Gasteiger partial charge in [-0.2, -0.15) is 0 Å². The lowest BCUT2D eigenvalue weighted by molar-refractivity contribution is 0.566. The number of nitrogens with zero attached hydrogens (tertiary/aromatic N) is 1. The Hall–Kier alpha value is -1.96. The van der Waals surface area contributed by atoms with Gasteiger partial charge in [0.2, 0.25) is 10.0 Å². The van der Waals surface area contributed by atoms with Gasteiger partial charge in [-0.05, 0) is 42.8 Å². The minimum Gasteiger partial charge on any atom is -0.324 e. The number of aromatic nitrogens is 1. The van der Waals surface area contributed by atoms with Crippen LogP contribution in [0.15, 0.2) is 53.7 Å². The van der Waals surface area contributed by atoms with Crippen molar-refractivity contribution in [1.82, 2.24) is 9.71 Å². The Labute approximate surface area is 118 Å². The second-order valence-electron chi connectivity index (χ2n) is 4.30. The number of nitrogen functional groups attached to an aromatic ring is 1. The van der Waals surface area contributed by atoms with Crippen molar-refractivity contribution in [3.63, 3.8) is 0 Å². The highest BCUT2D eigenvalue weighted by Gasteiger charge is 2.18. The van der Waals surface area contributed by atoms with Gasteiger partial charge in [-0.1, -0.05) is 6.07 Å². The number of hydrogen-bond donors (Lipinski definition) is 3.